The van der Waals surface area contributed by atoms with Gasteiger partial charge in [0.25, 0.3) is 0 Å². The summed E-state index contributed by atoms with van der Waals surface area (Å²) in [6.07, 6.45) is 0. The lowest BCUT2D eigenvalue weighted by molar-refractivity contribution is -0.116. The quantitative estimate of drug-likeness (QED) is 0.505. The summed E-state index contributed by atoms with van der Waals surface area (Å²) in [7, 11) is 0. The number of hydrogen-bond acceptors (Lipinski definition) is 1. The van der Waals surface area contributed by atoms with E-state index in [-0.39, 0.29) is 5.78 Å². The predicted octanol–water partition coefficient (Wildman–Crippen LogP) is 1.15. The summed E-state index contributed by atoms with van der Waals surface area (Å²) in [6, 6.07) is 0. The molecule has 0 saturated carbocycles. The average molecular weight is 125 g/mol. The first kappa shape index (κ1) is 6.89. The number of alkyl halides is 2. The number of rotatable bonds is 2. The van der Waals surface area contributed by atoms with Crippen molar-refractivity contribution >= 4 is 17.4 Å². The molecule has 1 nitrogen and oxygen atoms in total. The average Bonchev–Trinajstić information content (AvgIpc) is 1.65. The number of Topliss-reactive ketones (excluding diaryl/α,β-unsaturated/α-hetero) is 1. The second-order valence-electron chi connectivity index (χ2n) is 1.23. The van der Waals surface area contributed by atoms with Crippen LogP contribution >= 0.6 is 11.6 Å². The maximum absolute atomic E-state index is 11.3. The van der Waals surface area contributed by atoms with E-state index in [1.165, 1.54) is 6.92 Å². The lowest BCUT2D eigenvalue weighted by Gasteiger charge is -1.92. The highest BCUT2D eigenvalue weighted by Crippen LogP contribution is 1.95. The molecule has 0 aliphatic rings. The van der Waals surface area contributed by atoms with Crippen LogP contribution in [0.2, 0.25) is 0 Å². The summed E-state index contributed by atoms with van der Waals surface area (Å²) in [5.74, 6) is -0.316. The smallest absolute Gasteiger partial charge is 0.150 e. The minimum atomic E-state index is -0.931. The molecule has 0 amide bonds. The fraction of sp³-hybridized carbons (Fsp3) is 0.750. The normalized spacial score (nSPS) is 13.6. The Morgan fingerprint density at radius 3 is 2.43 bits per heavy atom. The van der Waals surface area contributed by atoms with Crippen molar-refractivity contribution in [3.63, 3.8) is 0 Å². The molecule has 0 saturated heterocycles. The minimum Gasteiger partial charge on any atom is -0.298 e. The van der Waals surface area contributed by atoms with E-state index in [4.69, 9.17) is 11.6 Å². The highest BCUT2D eigenvalue weighted by molar-refractivity contribution is 6.30. The van der Waals surface area contributed by atoms with Crippen molar-refractivity contribution in [3.8, 4) is 0 Å². The van der Waals surface area contributed by atoms with Crippen molar-refractivity contribution in [1.82, 2.24) is 0 Å². The SMILES string of the molecule is CC(=O)C(Cl)CF. The van der Waals surface area contributed by atoms with Gasteiger partial charge in [-0.2, -0.15) is 0 Å². The lowest BCUT2D eigenvalue weighted by Crippen LogP contribution is -2.11. The maximum atomic E-state index is 11.3. The third-order valence-corrected chi connectivity index (χ3v) is 1.00. The van der Waals surface area contributed by atoms with Gasteiger partial charge in [-0.3, -0.25) is 4.79 Å². The summed E-state index contributed by atoms with van der Waals surface area (Å²) in [5, 5.41) is -0.931. The largest absolute Gasteiger partial charge is 0.298 e. The van der Waals surface area contributed by atoms with Crippen LogP contribution in [0.25, 0.3) is 0 Å². The first-order valence-corrected chi connectivity index (χ1v) is 2.32. The number of carbonyl (C=O) groups excluding carboxylic acids is 1. The van der Waals surface area contributed by atoms with Gasteiger partial charge in [0.2, 0.25) is 0 Å². The zero-order valence-corrected chi connectivity index (χ0v) is 4.70. The Balaban J connectivity index is 3.34. The zero-order chi connectivity index (χ0) is 5.86. The zero-order valence-electron chi connectivity index (χ0n) is 3.95. The number of halogens is 2. The standard InChI is InChI=1S/C4H6ClFO/c1-3(7)4(5)2-6/h4H,2H2,1H3. The van der Waals surface area contributed by atoms with E-state index in [9.17, 15) is 9.18 Å². The Labute approximate surface area is 46.5 Å². The summed E-state index contributed by atoms with van der Waals surface area (Å²) in [6.45, 7) is 0.494. The molecule has 0 aromatic heterocycles. The van der Waals surface area contributed by atoms with Gasteiger partial charge in [-0.15, -0.1) is 11.6 Å². The topological polar surface area (TPSA) is 17.1 Å². The molecule has 1 atom stereocenters. The Morgan fingerprint density at radius 2 is 2.43 bits per heavy atom. The highest BCUT2D eigenvalue weighted by atomic mass is 35.5. The Bertz CT molecular complexity index is 74.1. The van der Waals surface area contributed by atoms with Gasteiger partial charge in [-0.1, -0.05) is 0 Å². The fourth-order valence-electron chi connectivity index (χ4n) is 0.109. The summed E-state index contributed by atoms with van der Waals surface area (Å²) in [5.41, 5.74) is 0. The van der Waals surface area contributed by atoms with Gasteiger partial charge in [0.1, 0.15) is 17.8 Å². The summed E-state index contributed by atoms with van der Waals surface area (Å²) >= 11 is 5.08. The molecule has 0 spiro atoms. The second kappa shape index (κ2) is 2.97. The third-order valence-electron chi connectivity index (χ3n) is 0.577. The molecule has 0 rings (SSSR count). The van der Waals surface area contributed by atoms with Crippen molar-refractivity contribution in [1.29, 1.82) is 0 Å². The van der Waals surface area contributed by atoms with Crippen molar-refractivity contribution < 1.29 is 9.18 Å². The molecule has 0 radical (unpaired) electrons. The highest BCUT2D eigenvalue weighted by Gasteiger charge is 2.06. The van der Waals surface area contributed by atoms with E-state index >= 15 is 0 Å². The van der Waals surface area contributed by atoms with Gasteiger partial charge >= 0.3 is 0 Å². The van der Waals surface area contributed by atoms with Gasteiger partial charge in [-0.05, 0) is 6.92 Å². The minimum absolute atomic E-state index is 0.316. The molecule has 0 heterocycles. The molecular formula is C4H6ClFO. The Morgan fingerprint density at radius 1 is 2.00 bits per heavy atom. The van der Waals surface area contributed by atoms with E-state index in [1.54, 1.807) is 0 Å². The second-order valence-corrected chi connectivity index (χ2v) is 1.76. The molecule has 0 fully saturated rings. The lowest BCUT2D eigenvalue weighted by atomic mass is 10.3. The van der Waals surface area contributed by atoms with Crippen LogP contribution in [0.15, 0.2) is 0 Å². The monoisotopic (exact) mass is 124 g/mol. The Hall–Kier alpha value is -0.110. The molecule has 0 N–H and O–H groups in total. The van der Waals surface area contributed by atoms with Gasteiger partial charge in [-0.25, -0.2) is 4.39 Å². The van der Waals surface area contributed by atoms with E-state index in [2.05, 4.69) is 0 Å². The fourth-order valence-corrected chi connectivity index (χ4v) is 0.109. The van der Waals surface area contributed by atoms with Crippen LogP contribution < -0.4 is 0 Å². The molecule has 0 aromatic carbocycles. The van der Waals surface area contributed by atoms with Crippen molar-refractivity contribution in [2.75, 3.05) is 6.67 Å². The van der Waals surface area contributed by atoms with Gasteiger partial charge in [0.05, 0.1) is 0 Å². The van der Waals surface area contributed by atoms with Crippen LogP contribution in [0.3, 0.4) is 0 Å². The van der Waals surface area contributed by atoms with Crippen LogP contribution in [0.4, 0.5) is 4.39 Å². The maximum Gasteiger partial charge on any atom is 0.150 e. The van der Waals surface area contributed by atoms with E-state index in [1.807, 2.05) is 0 Å². The van der Waals surface area contributed by atoms with E-state index in [0.29, 0.717) is 0 Å². The molecular weight excluding hydrogens is 118 g/mol. The summed E-state index contributed by atoms with van der Waals surface area (Å²) < 4.78 is 11.3. The first-order chi connectivity index (χ1) is 3.18. The van der Waals surface area contributed by atoms with E-state index in [0.717, 1.165) is 0 Å². The first-order valence-electron chi connectivity index (χ1n) is 1.89. The van der Waals surface area contributed by atoms with Crippen LogP contribution in [0, 0.1) is 0 Å². The van der Waals surface area contributed by atoms with Gasteiger partial charge < -0.3 is 0 Å². The van der Waals surface area contributed by atoms with Crippen molar-refractivity contribution in [2.45, 2.75) is 12.3 Å². The molecule has 42 valence electrons. The van der Waals surface area contributed by atoms with Crippen LogP contribution in [-0.2, 0) is 4.79 Å². The van der Waals surface area contributed by atoms with Gasteiger partial charge in [0.15, 0.2) is 0 Å². The molecule has 3 heteroatoms. The molecule has 0 aromatic rings. The van der Waals surface area contributed by atoms with Crippen molar-refractivity contribution in [2.24, 2.45) is 0 Å². The number of hydrogen-bond donors (Lipinski definition) is 0. The molecule has 0 bridgehead atoms. The van der Waals surface area contributed by atoms with Crippen LogP contribution in [0.1, 0.15) is 6.92 Å². The third kappa shape index (κ3) is 2.57. The van der Waals surface area contributed by atoms with E-state index < -0.39 is 12.1 Å². The van der Waals surface area contributed by atoms with Crippen LogP contribution in [0.5, 0.6) is 0 Å². The van der Waals surface area contributed by atoms with Gasteiger partial charge in [0, 0.05) is 0 Å². The molecule has 1 unspecified atom stereocenters. The number of ketones is 1. The van der Waals surface area contributed by atoms with Crippen molar-refractivity contribution in [3.05, 3.63) is 0 Å². The molecule has 7 heavy (non-hydrogen) atoms. The Kier molecular flexibility index (Phi) is 2.92. The van der Waals surface area contributed by atoms with Crippen LogP contribution in [-0.4, -0.2) is 17.8 Å². The predicted molar refractivity (Wildman–Crippen MR) is 26.3 cm³/mol. The summed E-state index contributed by atoms with van der Waals surface area (Å²) in [4.78, 5) is 10.0. The molecule has 0 aliphatic heterocycles. The number of carbonyl (C=O) groups is 1. The molecule has 0 aliphatic carbocycles.